The monoisotopic (exact) mass is 319 g/mol. The van der Waals surface area contributed by atoms with Crippen LogP contribution in [0.2, 0.25) is 0 Å². The summed E-state index contributed by atoms with van der Waals surface area (Å²) < 4.78 is 61.4. The van der Waals surface area contributed by atoms with E-state index in [-0.39, 0.29) is 15.0 Å². The molecule has 0 amide bonds. The van der Waals surface area contributed by atoms with E-state index < -0.39 is 15.5 Å². The molecule has 1 aromatic heterocycles. The number of benzene rings is 1. The highest BCUT2D eigenvalue weighted by Crippen LogP contribution is 2.29. The van der Waals surface area contributed by atoms with Gasteiger partial charge in [-0.3, -0.25) is 0 Å². The first-order valence-corrected chi connectivity index (χ1v) is 7.76. The summed E-state index contributed by atoms with van der Waals surface area (Å²) in [6, 6.07) is 3.16. The molecule has 0 unspecified atom stereocenters. The average molecular weight is 319 g/mol. The van der Waals surface area contributed by atoms with Gasteiger partial charge in [0.15, 0.2) is 0 Å². The van der Waals surface area contributed by atoms with Crippen molar-refractivity contribution in [2.45, 2.75) is 18.3 Å². The van der Waals surface area contributed by atoms with Gasteiger partial charge in [0, 0.05) is 0 Å². The summed E-state index contributed by atoms with van der Waals surface area (Å²) in [5, 5.41) is 3.18. The molecular weight excluding hydrogens is 307 g/mol. The molecule has 0 bridgehead atoms. The van der Waals surface area contributed by atoms with Crippen molar-refractivity contribution in [3.05, 3.63) is 29.6 Å². The number of fused-ring (bicyclic) bond motifs is 2. The molecule has 9 heteroatoms. The van der Waals surface area contributed by atoms with Crippen molar-refractivity contribution in [3.63, 3.8) is 0 Å². The molecule has 0 saturated heterocycles. The SMILES string of the molecule is O=S(=O)(n1cnc2cc3c(cc21)CCNCC3)C(F)(F)F. The summed E-state index contributed by atoms with van der Waals surface area (Å²) in [4.78, 5) is 3.80. The lowest BCUT2D eigenvalue weighted by Gasteiger charge is -2.11. The zero-order valence-electron chi connectivity index (χ0n) is 10.8. The smallest absolute Gasteiger partial charge is 0.316 e. The largest absolute Gasteiger partial charge is 0.517 e. The van der Waals surface area contributed by atoms with Crippen LogP contribution in [0, 0.1) is 0 Å². The number of imidazole rings is 1. The Morgan fingerprint density at radius 3 is 2.38 bits per heavy atom. The number of nitrogens with zero attached hydrogens (tertiary/aromatic N) is 2. The Labute approximate surface area is 118 Å². The molecule has 5 nitrogen and oxygen atoms in total. The number of rotatable bonds is 1. The van der Waals surface area contributed by atoms with E-state index in [1.54, 1.807) is 6.07 Å². The van der Waals surface area contributed by atoms with Gasteiger partial charge in [0.05, 0.1) is 11.0 Å². The van der Waals surface area contributed by atoms with Gasteiger partial charge in [-0.05, 0) is 49.2 Å². The highest BCUT2D eigenvalue weighted by molar-refractivity contribution is 7.90. The molecule has 1 aliphatic rings. The number of aromatic nitrogens is 2. The third kappa shape index (κ3) is 2.30. The van der Waals surface area contributed by atoms with Crippen LogP contribution in [0.3, 0.4) is 0 Å². The van der Waals surface area contributed by atoms with E-state index >= 15 is 0 Å². The van der Waals surface area contributed by atoms with Crippen molar-refractivity contribution < 1.29 is 21.6 Å². The number of alkyl halides is 3. The van der Waals surface area contributed by atoms with Crippen molar-refractivity contribution in [2.75, 3.05) is 13.1 Å². The molecule has 114 valence electrons. The summed E-state index contributed by atoms with van der Waals surface area (Å²) in [6.07, 6.45) is 2.09. The topological polar surface area (TPSA) is 64.0 Å². The number of halogens is 3. The van der Waals surface area contributed by atoms with Gasteiger partial charge in [-0.25, -0.2) is 8.96 Å². The van der Waals surface area contributed by atoms with Gasteiger partial charge >= 0.3 is 15.5 Å². The van der Waals surface area contributed by atoms with Gasteiger partial charge in [0.2, 0.25) is 0 Å². The fourth-order valence-electron chi connectivity index (χ4n) is 2.46. The highest BCUT2D eigenvalue weighted by Gasteiger charge is 2.48. The zero-order valence-corrected chi connectivity index (χ0v) is 11.6. The van der Waals surface area contributed by atoms with E-state index in [0.717, 1.165) is 24.1 Å². The van der Waals surface area contributed by atoms with Crippen molar-refractivity contribution >= 4 is 21.1 Å². The van der Waals surface area contributed by atoms with Gasteiger partial charge < -0.3 is 5.32 Å². The number of nitrogens with one attached hydrogen (secondary N) is 1. The van der Waals surface area contributed by atoms with Crippen molar-refractivity contribution in [3.8, 4) is 0 Å². The summed E-state index contributed by atoms with van der Waals surface area (Å²) in [5.41, 5.74) is -3.29. The van der Waals surface area contributed by atoms with Crippen molar-refractivity contribution in [1.29, 1.82) is 0 Å². The molecule has 1 N–H and O–H groups in total. The Balaban J connectivity index is 2.21. The second-order valence-electron chi connectivity index (χ2n) is 4.85. The maximum Gasteiger partial charge on any atom is 0.517 e. The summed E-state index contributed by atoms with van der Waals surface area (Å²) in [6.45, 7) is 1.48. The molecule has 0 atom stereocenters. The van der Waals surface area contributed by atoms with Crippen LogP contribution < -0.4 is 5.32 Å². The normalized spacial score (nSPS) is 16.7. The summed E-state index contributed by atoms with van der Waals surface area (Å²) in [7, 11) is -5.46. The number of hydrogen-bond donors (Lipinski definition) is 1. The third-order valence-corrected chi connectivity index (χ3v) is 4.92. The summed E-state index contributed by atoms with van der Waals surface area (Å²) in [5.74, 6) is 0. The highest BCUT2D eigenvalue weighted by atomic mass is 32.2. The Morgan fingerprint density at radius 1 is 1.14 bits per heavy atom. The standard InChI is InChI=1S/C12H12F3N3O2S/c13-12(14,15)21(19,20)18-7-17-10-5-8-1-3-16-4-2-9(8)6-11(10)18/h5-7,16H,1-4H2. The number of hydrogen-bond acceptors (Lipinski definition) is 4. The third-order valence-electron chi connectivity index (χ3n) is 3.53. The second kappa shape index (κ2) is 4.70. The van der Waals surface area contributed by atoms with Gasteiger partial charge in [-0.2, -0.15) is 21.6 Å². The Hall–Kier alpha value is -1.61. The summed E-state index contributed by atoms with van der Waals surface area (Å²) >= 11 is 0. The van der Waals surface area contributed by atoms with Gasteiger partial charge in [0.25, 0.3) is 0 Å². The van der Waals surface area contributed by atoms with Crippen molar-refractivity contribution in [2.24, 2.45) is 0 Å². The molecule has 0 spiro atoms. The van der Waals surface area contributed by atoms with E-state index in [4.69, 9.17) is 0 Å². The van der Waals surface area contributed by atoms with E-state index in [1.807, 2.05) is 0 Å². The van der Waals surface area contributed by atoms with Gasteiger partial charge in [-0.1, -0.05) is 0 Å². The zero-order chi connectivity index (χ0) is 15.3. The molecule has 0 fully saturated rings. The van der Waals surface area contributed by atoms with E-state index in [1.165, 1.54) is 6.07 Å². The lowest BCUT2D eigenvalue weighted by molar-refractivity contribution is -0.0445. The van der Waals surface area contributed by atoms with Crippen molar-refractivity contribution in [1.82, 2.24) is 14.3 Å². The van der Waals surface area contributed by atoms with Crippen LogP contribution >= 0.6 is 0 Å². The molecule has 0 saturated carbocycles. The van der Waals surface area contributed by atoms with Crippen LogP contribution in [-0.2, 0) is 22.9 Å². The molecule has 2 aromatic rings. The van der Waals surface area contributed by atoms with Crippen LogP contribution in [0.15, 0.2) is 18.5 Å². The van der Waals surface area contributed by atoms with E-state index in [0.29, 0.717) is 19.3 Å². The first-order valence-electron chi connectivity index (χ1n) is 6.32. The second-order valence-corrected chi connectivity index (χ2v) is 6.66. The molecule has 2 heterocycles. The van der Waals surface area contributed by atoms with Gasteiger partial charge in [0.1, 0.15) is 6.33 Å². The fourth-order valence-corrected chi connectivity index (χ4v) is 3.26. The maximum absolute atomic E-state index is 12.7. The fraction of sp³-hybridized carbons (Fsp3) is 0.417. The quantitative estimate of drug-likeness (QED) is 0.863. The minimum absolute atomic E-state index is 0.0343. The van der Waals surface area contributed by atoms with Gasteiger partial charge in [-0.15, -0.1) is 0 Å². The Kier molecular flexibility index (Phi) is 3.21. The molecule has 21 heavy (non-hydrogen) atoms. The lowest BCUT2D eigenvalue weighted by atomic mass is 10.0. The van der Waals surface area contributed by atoms with E-state index in [9.17, 15) is 21.6 Å². The minimum Gasteiger partial charge on any atom is -0.316 e. The predicted molar refractivity (Wildman–Crippen MR) is 70.4 cm³/mol. The Bertz CT molecular complexity index is 796. The molecular formula is C12H12F3N3O2S. The van der Waals surface area contributed by atoms with E-state index in [2.05, 4.69) is 10.3 Å². The molecule has 0 radical (unpaired) electrons. The maximum atomic E-state index is 12.7. The van der Waals surface area contributed by atoms with Crippen LogP contribution in [0.1, 0.15) is 11.1 Å². The molecule has 0 aliphatic carbocycles. The van der Waals surface area contributed by atoms with Crippen LogP contribution in [0.25, 0.3) is 11.0 Å². The minimum atomic E-state index is -5.46. The average Bonchev–Trinajstić information content (AvgIpc) is 2.66. The van der Waals surface area contributed by atoms with Crippen LogP contribution in [-0.4, -0.2) is 36.0 Å². The van der Waals surface area contributed by atoms with Crippen LogP contribution in [0.5, 0.6) is 0 Å². The van der Waals surface area contributed by atoms with Crippen LogP contribution in [0.4, 0.5) is 13.2 Å². The lowest BCUT2D eigenvalue weighted by Crippen LogP contribution is -2.29. The predicted octanol–water partition coefficient (Wildman–Crippen LogP) is 1.42. The molecule has 1 aromatic carbocycles. The first-order chi connectivity index (χ1) is 9.80. The molecule has 3 rings (SSSR count). The Morgan fingerprint density at radius 2 is 1.76 bits per heavy atom. The molecule has 1 aliphatic heterocycles. The first kappa shape index (κ1) is 14.3.